The molecule has 0 aromatic carbocycles. The van der Waals surface area contributed by atoms with Crippen LogP contribution < -0.4 is 5.73 Å². The lowest BCUT2D eigenvalue weighted by atomic mass is 9.80. The predicted octanol–water partition coefficient (Wildman–Crippen LogP) is 2.07. The van der Waals surface area contributed by atoms with Crippen LogP contribution in [0.15, 0.2) is 0 Å². The first-order chi connectivity index (χ1) is 9.23. The molecule has 3 aliphatic rings. The van der Waals surface area contributed by atoms with Crippen molar-refractivity contribution in [2.24, 2.45) is 11.7 Å². The van der Waals surface area contributed by atoms with Gasteiger partial charge in [-0.25, -0.2) is 0 Å². The van der Waals surface area contributed by atoms with Gasteiger partial charge in [-0.15, -0.1) is 0 Å². The van der Waals surface area contributed by atoms with Gasteiger partial charge in [0, 0.05) is 38.3 Å². The van der Waals surface area contributed by atoms with Crippen LogP contribution in [0.25, 0.3) is 0 Å². The molecule has 3 rings (SSSR count). The minimum absolute atomic E-state index is 0.170. The minimum atomic E-state index is 0.170. The lowest BCUT2D eigenvalue weighted by molar-refractivity contribution is 0.116. The summed E-state index contributed by atoms with van der Waals surface area (Å²) in [7, 11) is 0. The van der Waals surface area contributed by atoms with Crippen LogP contribution in [-0.4, -0.2) is 54.6 Å². The average Bonchev–Trinajstić information content (AvgIpc) is 3.23. The van der Waals surface area contributed by atoms with Gasteiger partial charge in [0.25, 0.3) is 0 Å². The Balaban J connectivity index is 1.34. The first kappa shape index (κ1) is 13.8. The van der Waals surface area contributed by atoms with Gasteiger partial charge < -0.3 is 15.5 Å². The zero-order valence-electron chi connectivity index (χ0n) is 12.4. The summed E-state index contributed by atoms with van der Waals surface area (Å²) in [4.78, 5) is 5.32. The van der Waals surface area contributed by atoms with Crippen molar-refractivity contribution < 1.29 is 0 Å². The van der Waals surface area contributed by atoms with E-state index in [0.717, 1.165) is 5.92 Å². The summed E-state index contributed by atoms with van der Waals surface area (Å²) in [5.41, 5.74) is 6.71. The molecule has 3 nitrogen and oxygen atoms in total. The van der Waals surface area contributed by atoms with Gasteiger partial charge in [-0.05, 0) is 44.6 Å². The molecular formula is C16H31N3. The highest BCUT2D eigenvalue weighted by Crippen LogP contribution is 2.30. The molecule has 3 fully saturated rings. The average molecular weight is 265 g/mol. The molecule has 0 bridgehead atoms. The van der Waals surface area contributed by atoms with Crippen LogP contribution in [0.5, 0.6) is 0 Å². The Labute approximate surface area is 118 Å². The van der Waals surface area contributed by atoms with Crippen LogP contribution in [0, 0.1) is 5.92 Å². The molecule has 2 aliphatic carbocycles. The number of hydrogen-bond acceptors (Lipinski definition) is 3. The van der Waals surface area contributed by atoms with E-state index in [4.69, 9.17) is 5.73 Å². The quantitative estimate of drug-likeness (QED) is 0.826. The maximum atomic E-state index is 6.54. The Morgan fingerprint density at radius 2 is 1.53 bits per heavy atom. The van der Waals surface area contributed by atoms with Crippen molar-refractivity contribution in [2.75, 3.05) is 39.3 Å². The number of nitrogens with zero attached hydrogens (tertiary/aromatic N) is 2. The topological polar surface area (TPSA) is 32.5 Å². The molecule has 0 unspecified atom stereocenters. The molecule has 1 aliphatic heterocycles. The lowest BCUT2D eigenvalue weighted by Gasteiger charge is -2.38. The molecule has 1 saturated heterocycles. The number of nitrogens with two attached hydrogens (primary N) is 1. The van der Waals surface area contributed by atoms with Crippen molar-refractivity contribution >= 4 is 0 Å². The van der Waals surface area contributed by atoms with Crippen molar-refractivity contribution in [2.45, 2.75) is 56.9 Å². The van der Waals surface area contributed by atoms with Crippen LogP contribution >= 0.6 is 0 Å². The van der Waals surface area contributed by atoms with Crippen molar-refractivity contribution in [1.82, 2.24) is 9.80 Å². The van der Waals surface area contributed by atoms with Gasteiger partial charge in [-0.2, -0.15) is 0 Å². The molecule has 0 radical (unpaired) electrons. The number of piperazine rings is 1. The van der Waals surface area contributed by atoms with Crippen LogP contribution in [-0.2, 0) is 0 Å². The van der Waals surface area contributed by atoms with E-state index in [1.54, 1.807) is 0 Å². The molecule has 0 atom stereocenters. The maximum Gasteiger partial charge on any atom is 0.0166 e. The fourth-order valence-electron chi connectivity index (χ4n) is 3.75. The molecule has 2 N–H and O–H groups in total. The Kier molecular flexibility index (Phi) is 4.45. The molecule has 0 spiro atoms. The Morgan fingerprint density at radius 3 is 2.16 bits per heavy atom. The molecule has 19 heavy (non-hydrogen) atoms. The fraction of sp³-hybridized carbons (Fsp3) is 1.00. The van der Waals surface area contributed by atoms with Crippen molar-refractivity contribution in [3.05, 3.63) is 0 Å². The SMILES string of the molecule is NC1(CCN2CCN(CC3CC3)CC2)CCCCC1. The molecule has 2 saturated carbocycles. The van der Waals surface area contributed by atoms with E-state index in [0.29, 0.717) is 0 Å². The van der Waals surface area contributed by atoms with E-state index in [-0.39, 0.29) is 5.54 Å². The van der Waals surface area contributed by atoms with Crippen molar-refractivity contribution in [1.29, 1.82) is 0 Å². The molecule has 1 heterocycles. The summed E-state index contributed by atoms with van der Waals surface area (Å²) in [6.07, 6.45) is 10.8. The van der Waals surface area contributed by atoms with Crippen LogP contribution in [0.3, 0.4) is 0 Å². The highest BCUT2D eigenvalue weighted by molar-refractivity contribution is 4.89. The van der Waals surface area contributed by atoms with Crippen molar-refractivity contribution in [3.8, 4) is 0 Å². The van der Waals surface area contributed by atoms with Gasteiger partial charge in [0.1, 0.15) is 0 Å². The van der Waals surface area contributed by atoms with E-state index < -0.39 is 0 Å². The Hall–Kier alpha value is -0.120. The third-order valence-electron chi connectivity index (χ3n) is 5.45. The van der Waals surface area contributed by atoms with Gasteiger partial charge in [-0.3, -0.25) is 0 Å². The largest absolute Gasteiger partial charge is 0.325 e. The summed E-state index contributed by atoms with van der Waals surface area (Å²) in [6.45, 7) is 7.70. The fourth-order valence-corrected chi connectivity index (χ4v) is 3.75. The van der Waals surface area contributed by atoms with Gasteiger partial charge in [0.05, 0.1) is 0 Å². The first-order valence-electron chi connectivity index (χ1n) is 8.47. The molecule has 0 aromatic heterocycles. The highest BCUT2D eigenvalue weighted by Gasteiger charge is 2.29. The van der Waals surface area contributed by atoms with Crippen LogP contribution in [0.4, 0.5) is 0 Å². The number of hydrogen-bond donors (Lipinski definition) is 1. The molecule has 0 aromatic rings. The Bertz CT molecular complexity index is 274. The van der Waals surface area contributed by atoms with Gasteiger partial charge >= 0.3 is 0 Å². The highest BCUT2D eigenvalue weighted by atomic mass is 15.3. The lowest BCUT2D eigenvalue weighted by Crippen LogP contribution is -2.50. The minimum Gasteiger partial charge on any atom is -0.325 e. The predicted molar refractivity (Wildman–Crippen MR) is 80.2 cm³/mol. The summed E-state index contributed by atoms with van der Waals surface area (Å²) in [5.74, 6) is 1.04. The zero-order chi connectivity index (χ0) is 13.1. The Morgan fingerprint density at radius 1 is 0.895 bits per heavy atom. The zero-order valence-corrected chi connectivity index (χ0v) is 12.4. The van der Waals surface area contributed by atoms with E-state index in [9.17, 15) is 0 Å². The molecule has 0 amide bonds. The summed E-state index contributed by atoms with van der Waals surface area (Å²) < 4.78 is 0. The smallest absolute Gasteiger partial charge is 0.0166 e. The molecule has 3 heteroatoms. The van der Waals surface area contributed by atoms with E-state index in [1.165, 1.54) is 90.6 Å². The van der Waals surface area contributed by atoms with E-state index in [2.05, 4.69) is 9.80 Å². The third-order valence-corrected chi connectivity index (χ3v) is 5.45. The van der Waals surface area contributed by atoms with Gasteiger partial charge in [-0.1, -0.05) is 19.3 Å². The monoisotopic (exact) mass is 265 g/mol. The van der Waals surface area contributed by atoms with Gasteiger partial charge in [0.2, 0.25) is 0 Å². The molecule has 110 valence electrons. The standard InChI is InChI=1S/C16H31N3/c17-16(6-2-1-3-7-16)8-9-18-10-12-19(13-11-18)14-15-4-5-15/h15H,1-14,17H2. The van der Waals surface area contributed by atoms with E-state index >= 15 is 0 Å². The summed E-state index contributed by atoms with van der Waals surface area (Å²) in [6, 6.07) is 0. The summed E-state index contributed by atoms with van der Waals surface area (Å²) >= 11 is 0. The van der Waals surface area contributed by atoms with Crippen molar-refractivity contribution in [3.63, 3.8) is 0 Å². The normalized spacial score (nSPS) is 29.5. The second-order valence-electron chi connectivity index (χ2n) is 7.26. The first-order valence-corrected chi connectivity index (χ1v) is 8.47. The second-order valence-corrected chi connectivity index (χ2v) is 7.26. The third kappa shape index (κ3) is 4.17. The van der Waals surface area contributed by atoms with Crippen LogP contribution in [0.2, 0.25) is 0 Å². The van der Waals surface area contributed by atoms with E-state index in [1.807, 2.05) is 0 Å². The maximum absolute atomic E-state index is 6.54. The second kappa shape index (κ2) is 6.11. The number of rotatable bonds is 5. The summed E-state index contributed by atoms with van der Waals surface area (Å²) in [5, 5.41) is 0. The van der Waals surface area contributed by atoms with Gasteiger partial charge in [0.15, 0.2) is 0 Å². The molecular weight excluding hydrogens is 234 g/mol. The van der Waals surface area contributed by atoms with Crippen LogP contribution in [0.1, 0.15) is 51.4 Å².